The Labute approximate surface area is 122 Å². The summed E-state index contributed by atoms with van der Waals surface area (Å²) in [5, 5.41) is 11.6. The van der Waals surface area contributed by atoms with Gasteiger partial charge in [-0.2, -0.15) is 0 Å². The summed E-state index contributed by atoms with van der Waals surface area (Å²) in [7, 11) is 2.74. The molecule has 1 atom stereocenters. The molecule has 0 saturated heterocycles. The third-order valence-corrected chi connectivity index (χ3v) is 2.89. The fourth-order valence-electron chi connectivity index (χ4n) is 1.82. The minimum atomic E-state index is -0.944. The number of hydrogen-bond donors (Lipinski definition) is 2. The molecule has 0 radical (unpaired) electrons. The fraction of sp³-hybridized carbons (Fsp3) is 0.538. The molecule has 0 aliphatic rings. The lowest BCUT2D eigenvalue weighted by Crippen LogP contribution is -2.33. The summed E-state index contributed by atoms with van der Waals surface area (Å²) < 4.78 is 10.0. The number of hydrogen-bond acceptors (Lipinski definition) is 6. The Bertz CT molecular complexity index is 484. The lowest BCUT2D eigenvalue weighted by atomic mass is 10.0. The van der Waals surface area contributed by atoms with Crippen molar-refractivity contribution in [1.82, 2.24) is 15.3 Å². The van der Waals surface area contributed by atoms with Crippen molar-refractivity contribution >= 4 is 11.9 Å². The second-order valence-corrected chi connectivity index (χ2v) is 4.30. The zero-order valence-corrected chi connectivity index (χ0v) is 12.3. The van der Waals surface area contributed by atoms with Crippen molar-refractivity contribution < 1.29 is 24.2 Å². The molecule has 116 valence electrons. The molecule has 0 spiro atoms. The van der Waals surface area contributed by atoms with Crippen LogP contribution in [0.3, 0.4) is 0 Å². The van der Waals surface area contributed by atoms with Crippen LogP contribution in [0.2, 0.25) is 0 Å². The van der Waals surface area contributed by atoms with E-state index in [1.165, 1.54) is 20.5 Å². The molecule has 1 amide bonds. The summed E-state index contributed by atoms with van der Waals surface area (Å²) in [6.07, 6.45) is 2.41. The first-order valence-electron chi connectivity index (χ1n) is 6.49. The van der Waals surface area contributed by atoms with Gasteiger partial charge >= 0.3 is 5.97 Å². The number of nitrogens with zero attached hydrogens (tertiary/aromatic N) is 2. The van der Waals surface area contributed by atoms with Crippen molar-refractivity contribution in [3.8, 4) is 11.8 Å². The van der Waals surface area contributed by atoms with Gasteiger partial charge in [0.2, 0.25) is 11.8 Å². The highest BCUT2D eigenvalue weighted by Gasteiger charge is 2.23. The number of nitrogens with one attached hydrogen (secondary N) is 1. The van der Waals surface area contributed by atoms with Crippen molar-refractivity contribution in [2.75, 3.05) is 20.8 Å². The number of aromatic nitrogens is 2. The second-order valence-electron chi connectivity index (χ2n) is 4.30. The summed E-state index contributed by atoms with van der Waals surface area (Å²) in [5.41, 5.74) is 0.0446. The molecule has 0 bridgehead atoms. The zero-order chi connectivity index (χ0) is 15.8. The van der Waals surface area contributed by atoms with E-state index in [2.05, 4.69) is 15.3 Å². The number of carboxylic acids is 1. The predicted molar refractivity (Wildman–Crippen MR) is 73.5 cm³/mol. The highest BCUT2D eigenvalue weighted by Crippen LogP contribution is 2.23. The summed E-state index contributed by atoms with van der Waals surface area (Å²) >= 11 is 0. The molecule has 0 aliphatic carbocycles. The topological polar surface area (TPSA) is 111 Å². The van der Waals surface area contributed by atoms with Crippen LogP contribution in [0.15, 0.2) is 6.33 Å². The normalized spacial score (nSPS) is 11.6. The molecule has 21 heavy (non-hydrogen) atoms. The summed E-state index contributed by atoms with van der Waals surface area (Å²) in [4.78, 5) is 30.9. The van der Waals surface area contributed by atoms with Crippen molar-refractivity contribution in [2.24, 2.45) is 5.92 Å². The molecule has 1 heterocycles. The van der Waals surface area contributed by atoms with Crippen molar-refractivity contribution in [3.05, 3.63) is 11.9 Å². The zero-order valence-electron chi connectivity index (χ0n) is 12.3. The Kier molecular flexibility index (Phi) is 6.38. The van der Waals surface area contributed by atoms with E-state index in [9.17, 15) is 9.59 Å². The van der Waals surface area contributed by atoms with Crippen LogP contribution in [-0.2, 0) is 4.79 Å². The van der Waals surface area contributed by atoms with Gasteiger partial charge in [0.15, 0.2) is 5.56 Å². The SMILES string of the molecule is CCCC(CNC(=O)c1c(OC)ncnc1OC)C(=O)O. The Balaban J connectivity index is 2.86. The number of methoxy groups -OCH3 is 2. The summed E-state index contributed by atoms with van der Waals surface area (Å²) in [6.45, 7) is 1.90. The van der Waals surface area contributed by atoms with E-state index in [0.29, 0.717) is 12.8 Å². The van der Waals surface area contributed by atoms with E-state index < -0.39 is 17.8 Å². The van der Waals surface area contributed by atoms with Crippen molar-refractivity contribution in [2.45, 2.75) is 19.8 Å². The smallest absolute Gasteiger partial charge is 0.308 e. The lowest BCUT2D eigenvalue weighted by Gasteiger charge is -2.14. The van der Waals surface area contributed by atoms with Gasteiger partial charge in [0.1, 0.15) is 6.33 Å². The number of carbonyl (C=O) groups is 2. The molecule has 1 aromatic rings. The van der Waals surface area contributed by atoms with Crippen LogP contribution < -0.4 is 14.8 Å². The molecule has 0 saturated carbocycles. The number of amides is 1. The van der Waals surface area contributed by atoms with Crippen LogP contribution in [0, 0.1) is 5.92 Å². The van der Waals surface area contributed by atoms with E-state index >= 15 is 0 Å². The molecule has 0 fully saturated rings. The molecular formula is C13H19N3O5. The van der Waals surface area contributed by atoms with Gasteiger partial charge in [-0.1, -0.05) is 13.3 Å². The molecule has 1 unspecified atom stereocenters. The fourth-order valence-corrected chi connectivity index (χ4v) is 1.82. The molecule has 0 aromatic carbocycles. The van der Waals surface area contributed by atoms with Gasteiger partial charge in [0.25, 0.3) is 5.91 Å². The van der Waals surface area contributed by atoms with Gasteiger partial charge in [-0.15, -0.1) is 0 Å². The third-order valence-electron chi connectivity index (χ3n) is 2.89. The van der Waals surface area contributed by atoms with Gasteiger partial charge in [-0.25, -0.2) is 9.97 Å². The van der Waals surface area contributed by atoms with E-state index in [4.69, 9.17) is 14.6 Å². The van der Waals surface area contributed by atoms with Crippen LogP contribution >= 0.6 is 0 Å². The quantitative estimate of drug-likeness (QED) is 0.727. The predicted octanol–water partition coefficient (Wildman–Crippen LogP) is 0.725. The number of ether oxygens (including phenoxy) is 2. The molecule has 0 aliphatic heterocycles. The van der Waals surface area contributed by atoms with E-state index in [1.54, 1.807) is 0 Å². The molecule has 2 N–H and O–H groups in total. The Morgan fingerprint density at radius 1 is 1.29 bits per heavy atom. The van der Waals surface area contributed by atoms with E-state index in [-0.39, 0.29) is 23.9 Å². The van der Waals surface area contributed by atoms with Gasteiger partial charge in [-0.3, -0.25) is 9.59 Å². The average molecular weight is 297 g/mol. The van der Waals surface area contributed by atoms with E-state index in [0.717, 1.165) is 0 Å². The highest BCUT2D eigenvalue weighted by atomic mass is 16.5. The molecule has 1 aromatic heterocycles. The monoisotopic (exact) mass is 297 g/mol. The van der Waals surface area contributed by atoms with Gasteiger partial charge in [0, 0.05) is 6.54 Å². The number of carboxylic acid groups (broad SMARTS) is 1. The first-order valence-corrected chi connectivity index (χ1v) is 6.49. The number of carbonyl (C=O) groups excluding carboxylic acids is 1. The molecule has 1 rings (SSSR count). The summed E-state index contributed by atoms with van der Waals surface area (Å²) in [6, 6.07) is 0. The maximum absolute atomic E-state index is 12.2. The first-order chi connectivity index (χ1) is 10.0. The van der Waals surface area contributed by atoms with Crippen LogP contribution in [-0.4, -0.2) is 47.7 Å². The Morgan fingerprint density at radius 2 is 1.86 bits per heavy atom. The minimum Gasteiger partial charge on any atom is -0.481 e. The molecular weight excluding hydrogens is 278 g/mol. The number of aliphatic carboxylic acids is 1. The molecule has 8 nitrogen and oxygen atoms in total. The van der Waals surface area contributed by atoms with Crippen LogP contribution in [0.4, 0.5) is 0 Å². The van der Waals surface area contributed by atoms with Gasteiger partial charge < -0.3 is 19.9 Å². The number of rotatable bonds is 8. The Morgan fingerprint density at radius 3 is 2.29 bits per heavy atom. The van der Waals surface area contributed by atoms with E-state index in [1.807, 2.05) is 6.92 Å². The third kappa shape index (κ3) is 4.30. The standard InChI is InChI=1S/C13H19N3O5/c1-4-5-8(13(18)19)6-14-10(17)9-11(20-2)15-7-16-12(9)21-3/h7-8H,4-6H2,1-3H3,(H,14,17)(H,18,19). The minimum absolute atomic E-state index is 0.0171. The van der Waals surface area contributed by atoms with Crippen molar-refractivity contribution in [3.63, 3.8) is 0 Å². The van der Waals surface area contributed by atoms with Crippen LogP contribution in [0.5, 0.6) is 11.8 Å². The van der Waals surface area contributed by atoms with Gasteiger partial charge in [-0.05, 0) is 6.42 Å². The maximum Gasteiger partial charge on any atom is 0.308 e. The first kappa shape index (κ1) is 16.7. The second kappa shape index (κ2) is 8.03. The van der Waals surface area contributed by atoms with Gasteiger partial charge in [0.05, 0.1) is 20.1 Å². The maximum atomic E-state index is 12.2. The van der Waals surface area contributed by atoms with Crippen molar-refractivity contribution in [1.29, 1.82) is 0 Å². The Hall–Kier alpha value is -2.38. The average Bonchev–Trinajstić information content (AvgIpc) is 2.49. The van der Waals surface area contributed by atoms with Crippen LogP contribution in [0.25, 0.3) is 0 Å². The highest BCUT2D eigenvalue weighted by molar-refractivity contribution is 5.98. The molecule has 8 heteroatoms. The van der Waals surface area contributed by atoms with Crippen LogP contribution in [0.1, 0.15) is 30.1 Å². The largest absolute Gasteiger partial charge is 0.481 e. The lowest BCUT2D eigenvalue weighted by molar-refractivity contribution is -0.141. The summed E-state index contributed by atoms with van der Waals surface area (Å²) in [5.74, 6) is -1.98.